The van der Waals surface area contributed by atoms with Crippen LogP contribution in [0.4, 0.5) is 0 Å². The van der Waals surface area contributed by atoms with Gasteiger partial charge in [-0.1, -0.05) is 100 Å². The van der Waals surface area contributed by atoms with Gasteiger partial charge in [-0.05, 0) is 51.8 Å². The van der Waals surface area contributed by atoms with E-state index in [9.17, 15) is 0 Å². The van der Waals surface area contributed by atoms with Crippen LogP contribution in [0.3, 0.4) is 0 Å². The highest BCUT2D eigenvalue weighted by Gasteiger charge is 2.45. The molecule has 2 fully saturated rings. The first-order valence-corrected chi connectivity index (χ1v) is 16.9. The smallest absolute Gasteiger partial charge is 0.397 e. The van der Waals surface area contributed by atoms with Gasteiger partial charge in [0.15, 0.2) is 0 Å². The van der Waals surface area contributed by atoms with E-state index in [1.807, 2.05) is 0 Å². The van der Waals surface area contributed by atoms with Crippen LogP contribution in [0.25, 0.3) is 0 Å². The third-order valence-electron chi connectivity index (χ3n) is 7.40. The molecule has 6 nitrogen and oxygen atoms in total. The maximum atomic E-state index is 6.31. The quantitative estimate of drug-likeness (QED) is 0.306. The van der Waals surface area contributed by atoms with Gasteiger partial charge in [0.1, 0.15) is 11.5 Å². The SMILES string of the molecule is CC(C)Cc1ccc(OP2OCC3(CO2)COP(Oc2ccc(C(C)(C)C)cc2C(C)(C)C)OC3)c(C(C)(C)C)c1. The van der Waals surface area contributed by atoms with Crippen LogP contribution in [0.15, 0.2) is 36.4 Å². The molecule has 2 aliphatic heterocycles. The van der Waals surface area contributed by atoms with E-state index in [4.69, 9.17) is 27.1 Å². The van der Waals surface area contributed by atoms with Crippen molar-refractivity contribution in [3.05, 3.63) is 58.7 Å². The van der Waals surface area contributed by atoms with Gasteiger partial charge in [-0.2, -0.15) is 0 Å². The van der Waals surface area contributed by atoms with E-state index in [0.717, 1.165) is 23.5 Å². The Morgan fingerprint density at radius 1 is 0.659 bits per heavy atom. The van der Waals surface area contributed by atoms with Gasteiger partial charge in [-0.25, -0.2) is 0 Å². The molecule has 0 unspecified atom stereocenters. The minimum Gasteiger partial charge on any atom is -0.426 e. The molecule has 0 amide bonds. The van der Waals surface area contributed by atoms with Crippen LogP contribution in [-0.2, 0) is 40.8 Å². The molecule has 8 heteroatoms. The molecule has 2 heterocycles. The second kappa shape index (κ2) is 12.4. The van der Waals surface area contributed by atoms with Crippen molar-refractivity contribution < 1.29 is 27.1 Å². The summed E-state index contributed by atoms with van der Waals surface area (Å²) in [6.45, 7) is 26.2. The van der Waals surface area contributed by atoms with Crippen molar-refractivity contribution in [2.45, 2.75) is 98.8 Å². The number of rotatable bonds is 6. The summed E-state index contributed by atoms with van der Waals surface area (Å²) in [5, 5.41) is 0. The lowest BCUT2D eigenvalue weighted by molar-refractivity contribution is -0.0673. The van der Waals surface area contributed by atoms with E-state index in [2.05, 4.69) is 113 Å². The minimum atomic E-state index is -1.51. The van der Waals surface area contributed by atoms with E-state index >= 15 is 0 Å². The van der Waals surface area contributed by atoms with E-state index in [0.29, 0.717) is 32.3 Å². The second-order valence-corrected chi connectivity index (χ2v) is 17.4. The summed E-state index contributed by atoms with van der Waals surface area (Å²) < 4.78 is 37.1. The Kier molecular flexibility index (Phi) is 9.86. The molecule has 1 spiro atoms. The van der Waals surface area contributed by atoms with Gasteiger partial charge in [-0.3, -0.25) is 0 Å². The molecule has 2 aliphatic rings. The fourth-order valence-corrected chi connectivity index (χ4v) is 7.37. The molecule has 0 saturated carbocycles. The van der Waals surface area contributed by atoms with Crippen LogP contribution in [0, 0.1) is 11.3 Å². The number of hydrogen-bond acceptors (Lipinski definition) is 6. The highest BCUT2D eigenvalue weighted by atomic mass is 31.2. The monoisotopic (exact) mass is 604 g/mol. The van der Waals surface area contributed by atoms with Gasteiger partial charge in [0, 0.05) is 11.1 Å². The average Bonchev–Trinajstić information content (AvgIpc) is 2.86. The topological polar surface area (TPSA) is 55.4 Å². The Morgan fingerprint density at radius 3 is 1.51 bits per heavy atom. The summed E-state index contributed by atoms with van der Waals surface area (Å²) in [5.41, 5.74) is 4.48. The van der Waals surface area contributed by atoms with E-state index in [-0.39, 0.29) is 21.7 Å². The van der Waals surface area contributed by atoms with Crippen LogP contribution in [0.2, 0.25) is 0 Å². The summed E-state index contributed by atoms with van der Waals surface area (Å²) in [6, 6.07) is 12.9. The summed E-state index contributed by atoms with van der Waals surface area (Å²) in [5.74, 6) is 2.24. The molecule has 228 valence electrons. The summed E-state index contributed by atoms with van der Waals surface area (Å²) in [6.07, 6.45) is 1.04. The minimum absolute atomic E-state index is 0.0587. The van der Waals surface area contributed by atoms with Crippen LogP contribution < -0.4 is 9.05 Å². The first-order chi connectivity index (χ1) is 19.0. The molecule has 0 N–H and O–H groups in total. The molecule has 2 aromatic rings. The van der Waals surface area contributed by atoms with Crippen LogP contribution >= 0.6 is 17.2 Å². The van der Waals surface area contributed by atoms with Crippen molar-refractivity contribution in [2.24, 2.45) is 11.3 Å². The van der Waals surface area contributed by atoms with Gasteiger partial charge in [0.05, 0.1) is 31.8 Å². The Morgan fingerprint density at radius 2 is 1.10 bits per heavy atom. The third-order valence-corrected chi connectivity index (χ3v) is 9.45. The zero-order valence-electron chi connectivity index (χ0n) is 26.9. The van der Waals surface area contributed by atoms with Crippen LogP contribution in [0.5, 0.6) is 11.5 Å². The lowest BCUT2D eigenvalue weighted by atomic mass is 9.80. The summed E-state index contributed by atoms with van der Waals surface area (Å²) in [7, 11) is -3.02. The summed E-state index contributed by atoms with van der Waals surface area (Å²) >= 11 is 0. The molecule has 0 aromatic heterocycles. The normalized spacial score (nSPS) is 24.1. The Bertz CT molecular complexity index is 1170. The Balaban J connectivity index is 1.36. The maximum Gasteiger partial charge on any atom is 0.397 e. The second-order valence-electron chi connectivity index (χ2n) is 15.1. The van der Waals surface area contributed by atoms with Crippen molar-refractivity contribution in [1.29, 1.82) is 0 Å². The van der Waals surface area contributed by atoms with E-state index in [1.54, 1.807) is 0 Å². The Hall–Kier alpha value is -1.26. The van der Waals surface area contributed by atoms with Gasteiger partial charge in [-0.15, -0.1) is 0 Å². The van der Waals surface area contributed by atoms with Crippen molar-refractivity contribution in [2.75, 3.05) is 26.4 Å². The zero-order chi connectivity index (χ0) is 30.2. The predicted molar refractivity (Wildman–Crippen MR) is 169 cm³/mol. The largest absolute Gasteiger partial charge is 0.426 e. The molecule has 0 aliphatic carbocycles. The van der Waals surface area contributed by atoms with Crippen molar-refractivity contribution >= 4 is 17.2 Å². The van der Waals surface area contributed by atoms with Crippen LogP contribution in [0.1, 0.15) is 98.4 Å². The molecule has 41 heavy (non-hydrogen) atoms. The van der Waals surface area contributed by atoms with Gasteiger partial charge in [0.25, 0.3) is 0 Å². The number of benzene rings is 2. The zero-order valence-corrected chi connectivity index (χ0v) is 28.7. The fourth-order valence-electron chi connectivity index (χ4n) is 4.85. The molecule has 0 bridgehead atoms. The van der Waals surface area contributed by atoms with Gasteiger partial charge in [0.2, 0.25) is 0 Å². The molecular weight excluding hydrogens is 554 g/mol. The molecule has 2 aromatic carbocycles. The van der Waals surface area contributed by atoms with Crippen molar-refractivity contribution in [1.82, 2.24) is 0 Å². The summed E-state index contributed by atoms with van der Waals surface area (Å²) in [4.78, 5) is 0. The number of hydrogen-bond donors (Lipinski definition) is 0. The van der Waals surface area contributed by atoms with Crippen molar-refractivity contribution in [3.63, 3.8) is 0 Å². The Labute approximate surface area is 250 Å². The standard InChI is InChI=1S/C33H50O6P2/c1-23(2)16-24-12-14-28(26(17-24)31(6,7)8)38-40-34-19-33(20-35-40)21-36-41(37-22-33)39-29-15-13-25(30(3,4)5)18-27(29)32(9,10)11/h12-15,17-18,23H,16,19-22H2,1-11H3. The molecule has 4 rings (SSSR count). The third kappa shape index (κ3) is 8.43. The molecule has 0 atom stereocenters. The lowest BCUT2D eigenvalue weighted by Crippen LogP contribution is -2.45. The van der Waals surface area contributed by atoms with E-state index in [1.165, 1.54) is 16.7 Å². The van der Waals surface area contributed by atoms with E-state index < -0.39 is 17.2 Å². The van der Waals surface area contributed by atoms with Crippen LogP contribution in [-0.4, -0.2) is 26.4 Å². The molecule has 2 saturated heterocycles. The predicted octanol–water partition coefficient (Wildman–Crippen LogP) is 9.77. The van der Waals surface area contributed by atoms with Crippen molar-refractivity contribution in [3.8, 4) is 11.5 Å². The van der Waals surface area contributed by atoms with Gasteiger partial charge < -0.3 is 27.1 Å². The maximum absolute atomic E-state index is 6.31. The molecule has 0 radical (unpaired) electrons. The highest BCUT2D eigenvalue weighted by molar-refractivity contribution is 7.42. The highest BCUT2D eigenvalue weighted by Crippen LogP contribution is 2.54. The lowest BCUT2D eigenvalue weighted by Gasteiger charge is -2.41. The molecular formula is C33H50O6P2. The average molecular weight is 605 g/mol. The van der Waals surface area contributed by atoms with Gasteiger partial charge >= 0.3 is 17.2 Å². The first kappa shape index (κ1) is 32.6. The fraction of sp³-hybridized carbons (Fsp3) is 0.636. The first-order valence-electron chi connectivity index (χ1n) is 14.7.